The van der Waals surface area contributed by atoms with Crippen LogP contribution >= 0.6 is 0 Å². The van der Waals surface area contributed by atoms with Crippen molar-refractivity contribution in [1.82, 2.24) is 9.21 Å². The third-order valence-corrected chi connectivity index (χ3v) is 6.35. The molecule has 7 nitrogen and oxygen atoms in total. The van der Waals surface area contributed by atoms with E-state index < -0.39 is 10.0 Å². The molecule has 144 valence electrons. The number of fused-ring (bicyclic) bond motifs is 1. The first kappa shape index (κ1) is 19.3. The number of methoxy groups -OCH3 is 1. The molecule has 1 amide bonds. The summed E-state index contributed by atoms with van der Waals surface area (Å²) in [7, 11) is -1.64. The maximum absolute atomic E-state index is 12.8. The van der Waals surface area contributed by atoms with Crippen LogP contribution in [0.4, 0.5) is 0 Å². The zero-order valence-electron chi connectivity index (χ0n) is 15.3. The molecule has 2 heterocycles. The second-order valence-corrected chi connectivity index (χ2v) is 8.78. The Hall–Kier alpha value is -1.48. The molecule has 1 aromatic carbocycles. The normalized spacial score (nSPS) is 24.8. The summed E-state index contributed by atoms with van der Waals surface area (Å²) in [5, 5.41) is 0. The SMILES string of the molecule is COCc1ccc(C(=O)N2CC[C@@H]3[C@@H](CC2)OCCN3S(C)(=O)=O)cc1. The molecule has 0 unspecified atom stereocenters. The molecule has 0 spiro atoms. The molecular weight excluding hydrogens is 356 g/mol. The van der Waals surface area contributed by atoms with Crippen molar-refractivity contribution in [3.63, 3.8) is 0 Å². The molecule has 3 rings (SSSR count). The summed E-state index contributed by atoms with van der Waals surface area (Å²) in [6.45, 7) is 2.39. The maximum Gasteiger partial charge on any atom is 0.253 e. The first-order valence-electron chi connectivity index (χ1n) is 8.85. The van der Waals surface area contributed by atoms with Gasteiger partial charge >= 0.3 is 0 Å². The Balaban J connectivity index is 1.70. The molecule has 2 aliphatic rings. The Kier molecular flexibility index (Phi) is 5.96. The topological polar surface area (TPSA) is 76.2 Å². The maximum atomic E-state index is 12.8. The van der Waals surface area contributed by atoms with E-state index in [0.717, 1.165) is 5.56 Å². The number of sulfonamides is 1. The van der Waals surface area contributed by atoms with E-state index >= 15 is 0 Å². The number of carbonyl (C=O) groups excluding carboxylic acids is 1. The molecule has 1 aromatic rings. The second kappa shape index (κ2) is 8.04. The number of benzene rings is 1. The average Bonchev–Trinajstić information content (AvgIpc) is 2.83. The number of ether oxygens (including phenoxy) is 2. The van der Waals surface area contributed by atoms with Gasteiger partial charge in [-0.05, 0) is 30.5 Å². The largest absolute Gasteiger partial charge is 0.380 e. The van der Waals surface area contributed by atoms with Crippen molar-refractivity contribution >= 4 is 15.9 Å². The van der Waals surface area contributed by atoms with E-state index in [1.165, 1.54) is 10.6 Å². The molecule has 0 aliphatic carbocycles. The molecule has 2 aliphatic heterocycles. The van der Waals surface area contributed by atoms with Crippen molar-refractivity contribution in [3.8, 4) is 0 Å². The van der Waals surface area contributed by atoms with Crippen LogP contribution in [0.15, 0.2) is 24.3 Å². The van der Waals surface area contributed by atoms with Crippen LogP contribution < -0.4 is 0 Å². The predicted octanol–water partition coefficient (Wildman–Crippen LogP) is 1.10. The molecule has 2 atom stereocenters. The molecule has 0 saturated carbocycles. The summed E-state index contributed by atoms with van der Waals surface area (Å²) in [5.74, 6) is -0.0291. The average molecular weight is 382 g/mol. The van der Waals surface area contributed by atoms with E-state index in [2.05, 4.69) is 0 Å². The Morgan fingerprint density at radius 1 is 1.19 bits per heavy atom. The van der Waals surface area contributed by atoms with Crippen LogP contribution in [0.3, 0.4) is 0 Å². The van der Waals surface area contributed by atoms with Crippen LogP contribution in [0, 0.1) is 0 Å². The smallest absolute Gasteiger partial charge is 0.253 e. The van der Waals surface area contributed by atoms with Crippen molar-refractivity contribution in [1.29, 1.82) is 0 Å². The van der Waals surface area contributed by atoms with Crippen LogP contribution in [-0.4, -0.2) is 75.3 Å². The quantitative estimate of drug-likeness (QED) is 0.779. The van der Waals surface area contributed by atoms with E-state index in [1.807, 2.05) is 24.3 Å². The van der Waals surface area contributed by atoms with Gasteiger partial charge in [-0.3, -0.25) is 4.79 Å². The molecule has 2 saturated heterocycles. The summed E-state index contributed by atoms with van der Waals surface area (Å²) in [4.78, 5) is 14.6. The third-order valence-electron chi connectivity index (χ3n) is 5.05. The number of nitrogens with zero attached hydrogens (tertiary/aromatic N) is 2. The van der Waals surface area contributed by atoms with Gasteiger partial charge in [-0.1, -0.05) is 12.1 Å². The van der Waals surface area contributed by atoms with Gasteiger partial charge in [-0.2, -0.15) is 4.31 Å². The van der Waals surface area contributed by atoms with Gasteiger partial charge in [-0.15, -0.1) is 0 Å². The van der Waals surface area contributed by atoms with Gasteiger partial charge in [0.15, 0.2) is 0 Å². The van der Waals surface area contributed by atoms with Crippen LogP contribution in [0.2, 0.25) is 0 Å². The molecule has 0 radical (unpaired) electrons. The summed E-state index contributed by atoms with van der Waals surface area (Å²) in [6, 6.07) is 7.22. The molecule has 26 heavy (non-hydrogen) atoms. The molecule has 0 aromatic heterocycles. The van der Waals surface area contributed by atoms with Crippen LogP contribution in [0.5, 0.6) is 0 Å². The lowest BCUT2D eigenvalue weighted by molar-refractivity contribution is -0.0406. The van der Waals surface area contributed by atoms with Gasteiger partial charge in [0.25, 0.3) is 5.91 Å². The van der Waals surface area contributed by atoms with Crippen LogP contribution in [-0.2, 0) is 26.1 Å². The zero-order valence-corrected chi connectivity index (χ0v) is 16.1. The number of likely N-dealkylation sites (tertiary alicyclic amines) is 1. The summed E-state index contributed by atoms with van der Waals surface area (Å²) >= 11 is 0. The predicted molar refractivity (Wildman–Crippen MR) is 97.4 cm³/mol. The zero-order chi connectivity index (χ0) is 18.7. The Labute approximate surface area is 154 Å². The third kappa shape index (κ3) is 4.25. The highest BCUT2D eigenvalue weighted by Gasteiger charge is 2.39. The first-order valence-corrected chi connectivity index (χ1v) is 10.7. The van der Waals surface area contributed by atoms with Crippen LogP contribution in [0.1, 0.15) is 28.8 Å². The highest BCUT2D eigenvalue weighted by atomic mass is 32.2. The van der Waals surface area contributed by atoms with Crippen molar-refractivity contribution in [2.75, 3.05) is 39.6 Å². The van der Waals surface area contributed by atoms with Crippen molar-refractivity contribution in [3.05, 3.63) is 35.4 Å². The lowest BCUT2D eigenvalue weighted by atomic mass is 10.0. The summed E-state index contributed by atoms with van der Waals surface area (Å²) in [5.41, 5.74) is 1.65. The molecular formula is C18H26N2O5S. The van der Waals surface area contributed by atoms with E-state index in [4.69, 9.17) is 9.47 Å². The van der Waals surface area contributed by atoms with Gasteiger partial charge in [0.1, 0.15) is 0 Å². The fourth-order valence-electron chi connectivity index (χ4n) is 3.75. The van der Waals surface area contributed by atoms with Gasteiger partial charge in [-0.25, -0.2) is 8.42 Å². The molecule has 2 fully saturated rings. The summed E-state index contributed by atoms with van der Waals surface area (Å²) < 4.78 is 36.5. The highest BCUT2D eigenvalue weighted by Crippen LogP contribution is 2.26. The van der Waals surface area contributed by atoms with Gasteiger partial charge in [0.2, 0.25) is 10.0 Å². The molecule has 0 bridgehead atoms. The number of morpholine rings is 1. The minimum absolute atomic E-state index is 0.0291. The van der Waals surface area contributed by atoms with E-state index in [0.29, 0.717) is 51.3 Å². The van der Waals surface area contributed by atoms with Gasteiger partial charge < -0.3 is 14.4 Å². The standard InChI is InChI=1S/C18H26N2O5S/c1-24-13-14-3-5-15(6-4-14)18(21)19-9-7-16-17(8-10-19)25-12-11-20(16)26(2,22)23/h3-6,16-17H,7-13H2,1-2H3/t16-,17-/m1/s1. The minimum Gasteiger partial charge on any atom is -0.380 e. The van der Waals surface area contributed by atoms with Gasteiger partial charge in [0, 0.05) is 32.3 Å². The Morgan fingerprint density at radius 2 is 1.88 bits per heavy atom. The lowest BCUT2D eigenvalue weighted by Crippen LogP contribution is -2.53. The van der Waals surface area contributed by atoms with Crippen LogP contribution in [0.25, 0.3) is 0 Å². The minimum atomic E-state index is -3.27. The van der Waals surface area contributed by atoms with E-state index in [9.17, 15) is 13.2 Å². The Bertz CT molecular complexity index is 734. The number of hydrogen-bond donors (Lipinski definition) is 0. The fraction of sp³-hybridized carbons (Fsp3) is 0.611. The van der Waals surface area contributed by atoms with Gasteiger partial charge in [0.05, 0.1) is 31.6 Å². The number of rotatable bonds is 4. The van der Waals surface area contributed by atoms with Crippen molar-refractivity contribution in [2.24, 2.45) is 0 Å². The second-order valence-electron chi connectivity index (χ2n) is 6.85. The number of carbonyl (C=O) groups is 1. The lowest BCUT2D eigenvalue weighted by Gasteiger charge is -2.38. The van der Waals surface area contributed by atoms with Crippen molar-refractivity contribution in [2.45, 2.75) is 31.6 Å². The monoisotopic (exact) mass is 382 g/mol. The Morgan fingerprint density at radius 3 is 2.54 bits per heavy atom. The number of amides is 1. The highest BCUT2D eigenvalue weighted by molar-refractivity contribution is 7.88. The molecule has 0 N–H and O–H groups in total. The van der Waals surface area contributed by atoms with Crippen molar-refractivity contribution < 1.29 is 22.7 Å². The van der Waals surface area contributed by atoms with E-state index in [-0.39, 0.29) is 18.1 Å². The van der Waals surface area contributed by atoms with E-state index in [1.54, 1.807) is 12.0 Å². The fourth-order valence-corrected chi connectivity index (χ4v) is 4.89. The summed E-state index contributed by atoms with van der Waals surface area (Å²) in [6.07, 6.45) is 2.32. The molecule has 8 heteroatoms. The first-order chi connectivity index (χ1) is 12.4. The number of hydrogen-bond acceptors (Lipinski definition) is 5.